The molecule has 2 aliphatic heterocycles. The highest BCUT2D eigenvalue weighted by molar-refractivity contribution is 5.94. The van der Waals surface area contributed by atoms with E-state index in [-0.39, 0.29) is 23.8 Å². The van der Waals surface area contributed by atoms with Crippen LogP contribution in [-0.2, 0) is 19.1 Å². The molecule has 148 valence electrons. The third-order valence-corrected chi connectivity index (χ3v) is 5.50. The Balaban J connectivity index is 1.50. The molecule has 3 rings (SSSR count). The van der Waals surface area contributed by atoms with Gasteiger partial charge in [-0.25, -0.2) is 0 Å². The van der Waals surface area contributed by atoms with Crippen LogP contribution < -0.4 is 10.2 Å². The summed E-state index contributed by atoms with van der Waals surface area (Å²) < 4.78 is 10.2. The molecule has 1 N–H and O–H groups in total. The minimum atomic E-state index is -0.234. The number of nitrogens with zero attached hydrogens (tertiary/aromatic N) is 2. The van der Waals surface area contributed by atoms with E-state index in [2.05, 4.69) is 15.1 Å². The summed E-state index contributed by atoms with van der Waals surface area (Å²) in [6, 6.07) is 7.72. The van der Waals surface area contributed by atoms with Gasteiger partial charge in [-0.1, -0.05) is 0 Å². The number of hydrogen-bond acceptors (Lipinski definition) is 6. The molecule has 0 unspecified atom stereocenters. The maximum Gasteiger partial charge on any atom is 0.308 e. The van der Waals surface area contributed by atoms with Crippen LogP contribution in [0.4, 0.5) is 11.4 Å². The number of esters is 1. The summed E-state index contributed by atoms with van der Waals surface area (Å²) in [5.41, 5.74) is 1.95. The van der Waals surface area contributed by atoms with Crippen molar-refractivity contribution in [3.8, 4) is 0 Å². The Bertz CT molecular complexity index is 635. The number of likely N-dealkylation sites (tertiary alicyclic amines) is 1. The number of morpholine rings is 1. The minimum absolute atomic E-state index is 0.0226. The van der Waals surface area contributed by atoms with E-state index in [1.165, 1.54) is 7.11 Å². The predicted octanol–water partition coefficient (Wildman–Crippen LogP) is 1.74. The first-order valence-electron chi connectivity index (χ1n) is 9.64. The van der Waals surface area contributed by atoms with Crippen molar-refractivity contribution in [3.63, 3.8) is 0 Å². The van der Waals surface area contributed by atoms with Crippen molar-refractivity contribution in [1.29, 1.82) is 0 Å². The topological polar surface area (TPSA) is 71.1 Å². The quantitative estimate of drug-likeness (QED) is 0.791. The molecule has 0 spiro atoms. The van der Waals surface area contributed by atoms with Gasteiger partial charge < -0.3 is 19.7 Å². The van der Waals surface area contributed by atoms with Crippen molar-refractivity contribution in [2.75, 3.05) is 56.7 Å². The molecule has 7 nitrogen and oxygen atoms in total. The second-order valence-corrected chi connectivity index (χ2v) is 7.14. The van der Waals surface area contributed by atoms with Crippen molar-refractivity contribution in [2.24, 2.45) is 5.92 Å². The van der Waals surface area contributed by atoms with Crippen LogP contribution in [-0.4, -0.2) is 69.3 Å². The Morgan fingerprint density at radius 1 is 1.11 bits per heavy atom. The van der Waals surface area contributed by atoms with Crippen molar-refractivity contribution in [3.05, 3.63) is 24.3 Å². The molecular formula is C20H29N3O4. The summed E-state index contributed by atoms with van der Waals surface area (Å²) in [7, 11) is 1.43. The number of hydrogen-bond donors (Lipinski definition) is 1. The third-order valence-electron chi connectivity index (χ3n) is 5.50. The molecule has 0 aromatic heterocycles. The molecule has 27 heavy (non-hydrogen) atoms. The number of rotatable bonds is 5. The van der Waals surface area contributed by atoms with Crippen LogP contribution >= 0.6 is 0 Å². The summed E-state index contributed by atoms with van der Waals surface area (Å²) in [6.07, 6.45) is 1.47. The predicted molar refractivity (Wildman–Crippen MR) is 104 cm³/mol. The molecular weight excluding hydrogens is 346 g/mol. The molecule has 2 fully saturated rings. The van der Waals surface area contributed by atoms with Gasteiger partial charge in [0.05, 0.1) is 32.3 Å². The molecule has 1 aromatic rings. The minimum Gasteiger partial charge on any atom is -0.469 e. The second kappa shape index (κ2) is 9.19. The molecule has 0 aliphatic carbocycles. The van der Waals surface area contributed by atoms with E-state index in [0.717, 1.165) is 63.6 Å². The molecule has 7 heteroatoms. The maximum atomic E-state index is 12.6. The van der Waals surface area contributed by atoms with Crippen LogP contribution in [0, 0.1) is 5.92 Å². The normalized spacial score (nSPS) is 20.1. The highest BCUT2D eigenvalue weighted by atomic mass is 16.5. The molecule has 2 heterocycles. The fourth-order valence-corrected chi connectivity index (χ4v) is 3.68. The van der Waals surface area contributed by atoms with E-state index >= 15 is 0 Å². The second-order valence-electron chi connectivity index (χ2n) is 7.14. The number of nitrogens with one attached hydrogen (secondary N) is 1. The van der Waals surface area contributed by atoms with Crippen LogP contribution in [0.15, 0.2) is 24.3 Å². The van der Waals surface area contributed by atoms with Gasteiger partial charge in [0.25, 0.3) is 0 Å². The van der Waals surface area contributed by atoms with Crippen molar-refractivity contribution < 1.29 is 19.1 Å². The highest BCUT2D eigenvalue weighted by Gasteiger charge is 2.30. The van der Waals surface area contributed by atoms with Crippen LogP contribution in [0.3, 0.4) is 0 Å². The zero-order valence-corrected chi connectivity index (χ0v) is 16.1. The Morgan fingerprint density at radius 3 is 2.33 bits per heavy atom. The maximum absolute atomic E-state index is 12.6. The Hall–Kier alpha value is -2.12. The Labute approximate surface area is 160 Å². The first-order valence-corrected chi connectivity index (χ1v) is 9.64. The average Bonchev–Trinajstić information content (AvgIpc) is 2.74. The first kappa shape index (κ1) is 19.6. The van der Waals surface area contributed by atoms with Gasteiger partial charge in [-0.15, -0.1) is 0 Å². The standard InChI is InChI=1S/C20H29N3O4/c1-15(22-9-7-16(8-10-22)20(25)26-2)19(24)21-17-3-5-18(6-4-17)23-11-13-27-14-12-23/h3-6,15-16H,7-14H2,1-2H3,(H,21,24)/t15-/m0/s1. The number of anilines is 2. The first-order chi connectivity index (χ1) is 13.1. The van der Waals surface area contributed by atoms with Crippen LogP contribution in [0.5, 0.6) is 0 Å². The molecule has 1 amide bonds. The van der Waals surface area contributed by atoms with Gasteiger partial charge in [-0.05, 0) is 57.1 Å². The molecule has 1 atom stereocenters. The molecule has 0 saturated carbocycles. The van der Waals surface area contributed by atoms with Crippen LogP contribution in [0.2, 0.25) is 0 Å². The summed E-state index contributed by atoms with van der Waals surface area (Å²) in [4.78, 5) is 28.6. The number of piperidine rings is 1. The van der Waals surface area contributed by atoms with Gasteiger partial charge >= 0.3 is 5.97 Å². The summed E-state index contributed by atoms with van der Waals surface area (Å²) in [5.74, 6) is -0.216. The fraction of sp³-hybridized carbons (Fsp3) is 0.600. The molecule has 0 radical (unpaired) electrons. The molecule has 0 bridgehead atoms. The summed E-state index contributed by atoms with van der Waals surface area (Å²) in [5, 5.41) is 3.00. The number of carbonyl (C=O) groups is 2. The van der Waals surface area contributed by atoms with E-state index < -0.39 is 0 Å². The van der Waals surface area contributed by atoms with Crippen LogP contribution in [0.1, 0.15) is 19.8 Å². The van der Waals surface area contributed by atoms with E-state index in [1.54, 1.807) is 0 Å². The number of ether oxygens (including phenoxy) is 2. The van der Waals surface area contributed by atoms with Gasteiger partial charge in [-0.2, -0.15) is 0 Å². The molecule has 2 saturated heterocycles. The zero-order chi connectivity index (χ0) is 19.2. The smallest absolute Gasteiger partial charge is 0.308 e. The molecule has 1 aromatic carbocycles. The zero-order valence-electron chi connectivity index (χ0n) is 16.1. The van der Waals surface area contributed by atoms with Crippen LogP contribution in [0.25, 0.3) is 0 Å². The third kappa shape index (κ3) is 4.99. The summed E-state index contributed by atoms with van der Waals surface area (Å²) in [6.45, 7) is 6.66. The van der Waals surface area contributed by atoms with Gasteiger partial charge in [0.2, 0.25) is 5.91 Å². The number of methoxy groups -OCH3 is 1. The van der Waals surface area contributed by atoms with E-state index in [1.807, 2.05) is 31.2 Å². The summed E-state index contributed by atoms with van der Waals surface area (Å²) >= 11 is 0. The Morgan fingerprint density at radius 2 is 1.74 bits per heavy atom. The van der Waals surface area contributed by atoms with Gasteiger partial charge in [0, 0.05) is 24.5 Å². The van der Waals surface area contributed by atoms with Gasteiger partial charge in [0.1, 0.15) is 0 Å². The highest BCUT2D eigenvalue weighted by Crippen LogP contribution is 2.22. The van der Waals surface area contributed by atoms with E-state index in [4.69, 9.17) is 9.47 Å². The fourth-order valence-electron chi connectivity index (χ4n) is 3.68. The lowest BCUT2D eigenvalue weighted by Crippen LogP contribution is -2.47. The monoisotopic (exact) mass is 375 g/mol. The Kier molecular flexibility index (Phi) is 6.68. The number of amides is 1. The van der Waals surface area contributed by atoms with Crippen molar-refractivity contribution >= 4 is 23.3 Å². The van der Waals surface area contributed by atoms with Gasteiger partial charge in [0.15, 0.2) is 0 Å². The van der Waals surface area contributed by atoms with Gasteiger partial charge in [-0.3, -0.25) is 14.5 Å². The average molecular weight is 375 g/mol. The van der Waals surface area contributed by atoms with E-state index in [0.29, 0.717) is 0 Å². The van der Waals surface area contributed by atoms with Crippen molar-refractivity contribution in [2.45, 2.75) is 25.8 Å². The van der Waals surface area contributed by atoms with E-state index in [9.17, 15) is 9.59 Å². The molecule has 2 aliphatic rings. The largest absolute Gasteiger partial charge is 0.469 e. The number of carbonyl (C=O) groups excluding carboxylic acids is 2. The lowest BCUT2D eigenvalue weighted by Gasteiger charge is -2.34. The van der Waals surface area contributed by atoms with Crippen molar-refractivity contribution in [1.82, 2.24) is 4.90 Å². The number of benzene rings is 1. The lowest BCUT2D eigenvalue weighted by atomic mass is 9.96. The lowest BCUT2D eigenvalue weighted by molar-refractivity contribution is -0.147. The SMILES string of the molecule is COC(=O)C1CCN([C@@H](C)C(=O)Nc2ccc(N3CCOCC3)cc2)CC1.